The van der Waals surface area contributed by atoms with Crippen molar-refractivity contribution in [3.63, 3.8) is 0 Å². The van der Waals surface area contributed by atoms with Gasteiger partial charge in [-0.05, 0) is 65.7 Å². The molecule has 1 amide bonds. The number of halogens is 1. The number of carbonyl (C=O) groups excluding carboxylic acids is 1. The first-order valence-electron chi connectivity index (χ1n) is 13.1. The third-order valence-electron chi connectivity index (χ3n) is 6.85. The number of piperazine rings is 1. The number of rotatable bonds is 9. The summed E-state index contributed by atoms with van der Waals surface area (Å²) >= 11 is 5.95. The highest BCUT2D eigenvalue weighted by Crippen LogP contribution is 2.29. The molecule has 0 bridgehead atoms. The second-order valence-electron chi connectivity index (χ2n) is 9.53. The average molecular weight is 542 g/mol. The van der Waals surface area contributed by atoms with Crippen LogP contribution in [0, 0.1) is 0 Å². The molecular weight excluding hydrogens is 510 g/mol. The van der Waals surface area contributed by atoms with Gasteiger partial charge in [0.25, 0.3) is 5.91 Å². The summed E-state index contributed by atoms with van der Waals surface area (Å²) < 4.78 is 11.4. The smallest absolute Gasteiger partial charge is 0.255 e. The lowest BCUT2D eigenvalue weighted by atomic mass is 10.1. The van der Waals surface area contributed by atoms with Crippen LogP contribution in [-0.4, -0.2) is 44.1 Å². The van der Waals surface area contributed by atoms with E-state index in [1.165, 1.54) is 5.56 Å². The van der Waals surface area contributed by atoms with Crippen LogP contribution in [0.5, 0.6) is 11.5 Å². The van der Waals surface area contributed by atoms with Crippen LogP contribution in [-0.2, 0) is 13.2 Å². The van der Waals surface area contributed by atoms with Crippen molar-refractivity contribution in [2.75, 3.05) is 43.5 Å². The molecule has 0 atom stereocenters. The summed E-state index contributed by atoms with van der Waals surface area (Å²) in [5.74, 6) is 0.857. The number of hydrogen-bond donors (Lipinski definition) is 1. The number of benzene rings is 4. The fourth-order valence-electron chi connectivity index (χ4n) is 4.63. The predicted molar refractivity (Wildman–Crippen MR) is 157 cm³/mol. The Morgan fingerprint density at radius 1 is 0.821 bits per heavy atom. The second-order valence-corrected chi connectivity index (χ2v) is 9.97. The molecule has 4 aromatic carbocycles. The molecule has 0 unspecified atom stereocenters. The highest BCUT2D eigenvalue weighted by molar-refractivity contribution is 6.30. The summed E-state index contributed by atoms with van der Waals surface area (Å²) in [6.07, 6.45) is 0. The zero-order chi connectivity index (χ0) is 27.0. The quantitative estimate of drug-likeness (QED) is 0.262. The summed E-state index contributed by atoms with van der Waals surface area (Å²) in [5.41, 5.74) is 4.73. The van der Waals surface area contributed by atoms with Gasteiger partial charge in [0.05, 0.1) is 7.11 Å². The summed E-state index contributed by atoms with van der Waals surface area (Å²) in [5, 5.41) is 3.66. The van der Waals surface area contributed by atoms with Crippen molar-refractivity contribution in [3.05, 3.63) is 119 Å². The number of hydrogen-bond acceptors (Lipinski definition) is 5. The minimum absolute atomic E-state index is 0.208. The molecule has 1 aliphatic rings. The maximum Gasteiger partial charge on any atom is 0.255 e. The van der Waals surface area contributed by atoms with Gasteiger partial charge in [-0.1, -0.05) is 54.1 Å². The Kier molecular flexibility index (Phi) is 8.66. The Bertz CT molecular complexity index is 1370. The fraction of sp³-hybridized carbons (Fsp3) is 0.219. The molecule has 4 aromatic rings. The van der Waals surface area contributed by atoms with E-state index in [0.717, 1.165) is 49.7 Å². The highest BCUT2D eigenvalue weighted by atomic mass is 35.5. The Morgan fingerprint density at radius 2 is 1.54 bits per heavy atom. The van der Waals surface area contributed by atoms with E-state index in [9.17, 15) is 4.79 Å². The van der Waals surface area contributed by atoms with Gasteiger partial charge in [0, 0.05) is 54.7 Å². The average Bonchev–Trinajstić information content (AvgIpc) is 2.98. The van der Waals surface area contributed by atoms with Gasteiger partial charge in [-0.3, -0.25) is 9.69 Å². The molecule has 1 heterocycles. The van der Waals surface area contributed by atoms with E-state index < -0.39 is 0 Å². The Labute approximate surface area is 234 Å². The predicted octanol–water partition coefficient (Wildman–Crippen LogP) is 6.50. The van der Waals surface area contributed by atoms with Crippen molar-refractivity contribution < 1.29 is 14.3 Å². The van der Waals surface area contributed by atoms with Crippen molar-refractivity contribution in [2.24, 2.45) is 0 Å². The first-order valence-corrected chi connectivity index (χ1v) is 13.4. The highest BCUT2D eigenvalue weighted by Gasteiger charge is 2.18. The molecule has 1 fully saturated rings. The van der Waals surface area contributed by atoms with E-state index in [0.29, 0.717) is 28.7 Å². The van der Waals surface area contributed by atoms with E-state index in [2.05, 4.69) is 57.6 Å². The van der Waals surface area contributed by atoms with Crippen molar-refractivity contribution >= 4 is 28.9 Å². The number of nitrogens with zero attached hydrogens (tertiary/aromatic N) is 2. The van der Waals surface area contributed by atoms with Crippen LogP contribution in [0.1, 0.15) is 21.5 Å². The summed E-state index contributed by atoms with van der Waals surface area (Å²) in [6.45, 7) is 5.35. The van der Waals surface area contributed by atoms with Crippen molar-refractivity contribution in [3.8, 4) is 11.5 Å². The number of nitrogens with one attached hydrogen (secondary N) is 1. The maximum absolute atomic E-state index is 12.9. The van der Waals surface area contributed by atoms with Gasteiger partial charge in [-0.15, -0.1) is 0 Å². The molecule has 1 aliphatic heterocycles. The molecule has 5 rings (SSSR count). The molecule has 0 aromatic heterocycles. The summed E-state index contributed by atoms with van der Waals surface area (Å²) in [6, 6.07) is 31.3. The largest absolute Gasteiger partial charge is 0.493 e. The molecule has 1 N–H and O–H groups in total. The normalized spacial score (nSPS) is 13.6. The van der Waals surface area contributed by atoms with Crippen LogP contribution in [0.4, 0.5) is 11.4 Å². The molecule has 7 heteroatoms. The lowest BCUT2D eigenvalue weighted by Gasteiger charge is -2.36. The Morgan fingerprint density at radius 3 is 2.23 bits per heavy atom. The molecule has 0 spiro atoms. The zero-order valence-corrected chi connectivity index (χ0v) is 22.7. The van der Waals surface area contributed by atoms with Crippen LogP contribution in [0.15, 0.2) is 97.1 Å². The lowest BCUT2D eigenvalue weighted by molar-refractivity contribution is 0.102. The first kappa shape index (κ1) is 26.6. The van der Waals surface area contributed by atoms with E-state index in [4.69, 9.17) is 21.1 Å². The molecule has 1 saturated heterocycles. The number of amides is 1. The number of ether oxygens (including phenoxy) is 2. The van der Waals surface area contributed by atoms with Gasteiger partial charge in [-0.25, -0.2) is 0 Å². The van der Waals surface area contributed by atoms with Crippen LogP contribution >= 0.6 is 11.6 Å². The van der Waals surface area contributed by atoms with Crippen LogP contribution < -0.4 is 19.7 Å². The van der Waals surface area contributed by atoms with Gasteiger partial charge in [-0.2, -0.15) is 0 Å². The van der Waals surface area contributed by atoms with Crippen LogP contribution in [0.2, 0.25) is 5.02 Å². The third-order valence-corrected chi connectivity index (χ3v) is 7.10. The van der Waals surface area contributed by atoms with E-state index >= 15 is 0 Å². The number of methoxy groups -OCH3 is 1. The van der Waals surface area contributed by atoms with E-state index in [1.807, 2.05) is 36.4 Å². The number of carbonyl (C=O) groups is 1. The molecule has 6 nitrogen and oxygen atoms in total. The lowest BCUT2D eigenvalue weighted by Crippen LogP contribution is -2.45. The Balaban J connectivity index is 1.14. The molecule has 0 aliphatic carbocycles. The minimum atomic E-state index is -0.208. The standard InChI is InChI=1S/C32H32ClN3O3/c1-38-31-21-26(9-16-30(31)39-23-25-7-10-27(33)11-8-25)32(37)34-28-12-14-29(15-13-28)36-19-17-35(18-20-36)22-24-5-3-2-4-6-24/h2-16,21H,17-20,22-23H2,1H3,(H,34,37). The second kappa shape index (κ2) is 12.7. The molecule has 200 valence electrons. The van der Waals surface area contributed by atoms with E-state index in [-0.39, 0.29) is 5.91 Å². The summed E-state index contributed by atoms with van der Waals surface area (Å²) in [4.78, 5) is 17.8. The molecular formula is C32H32ClN3O3. The van der Waals surface area contributed by atoms with Gasteiger partial charge < -0.3 is 19.7 Å². The molecule has 0 radical (unpaired) electrons. The van der Waals surface area contributed by atoms with Gasteiger partial charge in [0.15, 0.2) is 11.5 Å². The Hall–Kier alpha value is -4.00. The first-order chi connectivity index (χ1) is 19.1. The van der Waals surface area contributed by atoms with Crippen LogP contribution in [0.3, 0.4) is 0 Å². The van der Waals surface area contributed by atoms with Crippen molar-refractivity contribution in [1.82, 2.24) is 4.90 Å². The van der Waals surface area contributed by atoms with Crippen LogP contribution in [0.25, 0.3) is 0 Å². The van der Waals surface area contributed by atoms with Crippen molar-refractivity contribution in [2.45, 2.75) is 13.2 Å². The zero-order valence-electron chi connectivity index (χ0n) is 22.0. The maximum atomic E-state index is 12.9. The van der Waals surface area contributed by atoms with Gasteiger partial charge >= 0.3 is 0 Å². The summed E-state index contributed by atoms with van der Waals surface area (Å²) in [7, 11) is 1.56. The minimum Gasteiger partial charge on any atom is -0.493 e. The molecule has 0 saturated carbocycles. The third kappa shape index (κ3) is 7.11. The van der Waals surface area contributed by atoms with E-state index in [1.54, 1.807) is 25.3 Å². The number of anilines is 2. The topological polar surface area (TPSA) is 54.0 Å². The fourth-order valence-corrected chi connectivity index (χ4v) is 4.76. The van der Waals surface area contributed by atoms with Crippen molar-refractivity contribution in [1.29, 1.82) is 0 Å². The van der Waals surface area contributed by atoms with Gasteiger partial charge in [0.2, 0.25) is 0 Å². The van der Waals surface area contributed by atoms with Gasteiger partial charge in [0.1, 0.15) is 6.61 Å². The monoisotopic (exact) mass is 541 g/mol. The SMILES string of the molecule is COc1cc(C(=O)Nc2ccc(N3CCN(Cc4ccccc4)CC3)cc2)ccc1OCc1ccc(Cl)cc1. The molecule has 39 heavy (non-hydrogen) atoms.